The molecule has 1 saturated carbocycles. The van der Waals surface area contributed by atoms with Crippen LogP contribution in [0.3, 0.4) is 0 Å². The van der Waals surface area contributed by atoms with E-state index in [4.69, 9.17) is 9.84 Å². The van der Waals surface area contributed by atoms with Gasteiger partial charge in [0.05, 0.1) is 0 Å². The fourth-order valence-corrected chi connectivity index (χ4v) is 4.04. The third kappa shape index (κ3) is 2.55. The van der Waals surface area contributed by atoms with Crippen molar-refractivity contribution in [2.75, 3.05) is 13.1 Å². The molecule has 2 saturated heterocycles. The Hall–Kier alpha value is -1.10. The third-order valence-corrected chi connectivity index (χ3v) is 5.23. The van der Waals surface area contributed by atoms with E-state index < -0.39 is 18.2 Å². The summed E-state index contributed by atoms with van der Waals surface area (Å²) in [5.74, 6) is -0.943. The maximum absolute atomic E-state index is 12.4. The lowest BCUT2D eigenvalue weighted by atomic mass is 9.73. The molecule has 5 nitrogen and oxygen atoms in total. The van der Waals surface area contributed by atoms with E-state index in [0.717, 1.165) is 19.5 Å². The quantitative estimate of drug-likeness (QED) is 0.838. The monoisotopic (exact) mass is 281 g/mol. The minimum absolute atomic E-state index is 0.0104. The van der Waals surface area contributed by atoms with E-state index in [9.17, 15) is 9.59 Å². The van der Waals surface area contributed by atoms with Gasteiger partial charge in [0.2, 0.25) is 0 Å². The van der Waals surface area contributed by atoms with E-state index in [1.807, 2.05) is 4.90 Å². The number of ether oxygens (including phenoxy) is 1. The molecule has 20 heavy (non-hydrogen) atoms. The van der Waals surface area contributed by atoms with Gasteiger partial charge in [-0.05, 0) is 37.5 Å². The standard InChI is InChI=1S/C15H23NO4/c17-13(11-4-5-12(20-11)14(18)19)16-9-8-15(10-16)6-2-1-3-7-15/h11-12H,1-10H2,(H,18,19)/t11-,12+/m0/s1. The number of carboxylic acids is 1. The van der Waals surface area contributed by atoms with Crippen molar-refractivity contribution in [2.45, 2.75) is 63.6 Å². The second-order valence-corrected chi connectivity index (χ2v) is 6.60. The third-order valence-electron chi connectivity index (χ3n) is 5.23. The van der Waals surface area contributed by atoms with Crippen LogP contribution in [0.1, 0.15) is 51.4 Å². The first-order valence-electron chi connectivity index (χ1n) is 7.77. The number of amides is 1. The molecule has 112 valence electrons. The number of nitrogens with zero attached hydrogens (tertiary/aromatic N) is 1. The summed E-state index contributed by atoms with van der Waals surface area (Å²) < 4.78 is 5.38. The number of hydrogen-bond donors (Lipinski definition) is 1. The number of carbonyl (C=O) groups is 2. The summed E-state index contributed by atoms with van der Waals surface area (Å²) in [7, 11) is 0. The van der Waals surface area contributed by atoms with E-state index in [2.05, 4.69) is 0 Å². The first-order valence-corrected chi connectivity index (χ1v) is 7.77. The first-order chi connectivity index (χ1) is 9.60. The lowest BCUT2D eigenvalue weighted by Crippen LogP contribution is -2.40. The van der Waals surface area contributed by atoms with Crippen LogP contribution in [-0.4, -0.2) is 47.2 Å². The SMILES string of the molecule is O=C(O)[C@H]1CC[C@@H](C(=O)N2CCC3(CCCCC3)C2)O1. The molecule has 3 fully saturated rings. The van der Waals surface area contributed by atoms with Gasteiger partial charge in [-0.2, -0.15) is 0 Å². The van der Waals surface area contributed by atoms with Gasteiger partial charge >= 0.3 is 5.97 Å². The molecule has 0 unspecified atom stereocenters. The topological polar surface area (TPSA) is 66.8 Å². The molecule has 1 N–H and O–H groups in total. The number of carboxylic acid groups (broad SMARTS) is 1. The average Bonchev–Trinajstić information content (AvgIpc) is 3.07. The summed E-state index contributed by atoms with van der Waals surface area (Å²) in [4.78, 5) is 25.2. The van der Waals surface area contributed by atoms with E-state index in [-0.39, 0.29) is 5.91 Å². The van der Waals surface area contributed by atoms with E-state index in [1.54, 1.807) is 0 Å². The van der Waals surface area contributed by atoms with Crippen molar-refractivity contribution in [3.63, 3.8) is 0 Å². The van der Waals surface area contributed by atoms with Crippen LogP contribution in [-0.2, 0) is 14.3 Å². The summed E-state index contributed by atoms with van der Waals surface area (Å²) in [5, 5.41) is 8.93. The average molecular weight is 281 g/mol. The van der Waals surface area contributed by atoms with E-state index in [0.29, 0.717) is 18.3 Å². The van der Waals surface area contributed by atoms with Gasteiger partial charge in [-0.25, -0.2) is 4.79 Å². The Kier molecular flexibility index (Phi) is 3.71. The highest BCUT2D eigenvalue weighted by atomic mass is 16.5. The first kappa shape index (κ1) is 13.9. The van der Waals surface area contributed by atoms with Crippen LogP contribution in [0.4, 0.5) is 0 Å². The molecule has 2 atom stereocenters. The Labute approximate surface area is 119 Å². The Morgan fingerprint density at radius 3 is 2.40 bits per heavy atom. The Balaban J connectivity index is 1.58. The number of aliphatic carboxylic acids is 1. The minimum atomic E-state index is -0.953. The lowest BCUT2D eigenvalue weighted by molar-refractivity contribution is -0.154. The van der Waals surface area contributed by atoms with Crippen molar-refractivity contribution >= 4 is 11.9 Å². The van der Waals surface area contributed by atoms with Gasteiger partial charge in [0, 0.05) is 13.1 Å². The molecule has 0 radical (unpaired) electrons. The zero-order chi connectivity index (χ0) is 14.2. The molecule has 0 aromatic rings. The zero-order valence-corrected chi connectivity index (χ0v) is 11.8. The minimum Gasteiger partial charge on any atom is -0.479 e. The van der Waals surface area contributed by atoms with Gasteiger partial charge in [-0.15, -0.1) is 0 Å². The molecule has 0 aromatic heterocycles. The van der Waals surface area contributed by atoms with Crippen molar-refractivity contribution in [3.8, 4) is 0 Å². The highest BCUT2D eigenvalue weighted by molar-refractivity contribution is 5.83. The van der Waals surface area contributed by atoms with Crippen molar-refractivity contribution in [3.05, 3.63) is 0 Å². The van der Waals surface area contributed by atoms with Crippen LogP contribution in [0.5, 0.6) is 0 Å². The maximum Gasteiger partial charge on any atom is 0.332 e. The van der Waals surface area contributed by atoms with Crippen LogP contribution in [0.25, 0.3) is 0 Å². The van der Waals surface area contributed by atoms with E-state index >= 15 is 0 Å². The lowest BCUT2D eigenvalue weighted by Gasteiger charge is -2.33. The van der Waals surface area contributed by atoms with Crippen LogP contribution < -0.4 is 0 Å². The molecule has 1 spiro atoms. The van der Waals surface area contributed by atoms with E-state index in [1.165, 1.54) is 32.1 Å². The normalized spacial score (nSPS) is 32.7. The number of rotatable bonds is 2. The number of carbonyl (C=O) groups excluding carboxylic acids is 1. The predicted octanol–water partition coefficient (Wildman–Crippen LogP) is 1.80. The molecule has 1 aliphatic carbocycles. The van der Waals surface area contributed by atoms with Crippen molar-refractivity contribution < 1.29 is 19.4 Å². The highest BCUT2D eigenvalue weighted by Crippen LogP contribution is 2.44. The van der Waals surface area contributed by atoms with Crippen molar-refractivity contribution in [1.29, 1.82) is 0 Å². The highest BCUT2D eigenvalue weighted by Gasteiger charge is 2.44. The zero-order valence-electron chi connectivity index (χ0n) is 11.8. The molecule has 2 aliphatic heterocycles. The predicted molar refractivity (Wildman–Crippen MR) is 72.2 cm³/mol. The number of hydrogen-bond acceptors (Lipinski definition) is 3. The molecular weight excluding hydrogens is 258 g/mol. The number of likely N-dealkylation sites (tertiary alicyclic amines) is 1. The molecule has 0 bridgehead atoms. The molecule has 1 amide bonds. The van der Waals surface area contributed by atoms with Gasteiger partial charge in [0.1, 0.15) is 6.10 Å². The van der Waals surface area contributed by atoms with Crippen LogP contribution >= 0.6 is 0 Å². The van der Waals surface area contributed by atoms with Crippen LogP contribution in [0, 0.1) is 5.41 Å². The fourth-order valence-electron chi connectivity index (χ4n) is 4.04. The Bertz CT molecular complexity index is 403. The summed E-state index contributed by atoms with van der Waals surface area (Å²) in [5.41, 5.74) is 0.346. The Morgan fingerprint density at radius 2 is 1.75 bits per heavy atom. The summed E-state index contributed by atoms with van der Waals surface area (Å²) in [6, 6.07) is 0. The molecule has 3 aliphatic rings. The molecule has 5 heteroatoms. The van der Waals surface area contributed by atoms with Crippen LogP contribution in [0.15, 0.2) is 0 Å². The summed E-state index contributed by atoms with van der Waals surface area (Å²) >= 11 is 0. The second-order valence-electron chi connectivity index (χ2n) is 6.60. The van der Waals surface area contributed by atoms with Crippen molar-refractivity contribution in [1.82, 2.24) is 4.90 Å². The maximum atomic E-state index is 12.4. The summed E-state index contributed by atoms with van der Waals surface area (Å²) in [6.07, 6.45) is 7.12. The van der Waals surface area contributed by atoms with Gasteiger partial charge in [-0.3, -0.25) is 4.79 Å². The molecule has 0 aromatic carbocycles. The van der Waals surface area contributed by atoms with Gasteiger partial charge in [0.15, 0.2) is 6.10 Å². The van der Waals surface area contributed by atoms with Crippen molar-refractivity contribution in [2.24, 2.45) is 5.41 Å². The fraction of sp³-hybridized carbons (Fsp3) is 0.867. The molecule has 2 heterocycles. The molecule has 3 rings (SSSR count). The van der Waals surface area contributed by atoms with Gasteiger partial charge < -0.3 is 14.7 Å². The largest absolute Gasteiger partial charge is 0.479 e. The second kappa shape index (κ2) is 5.35. The smallest absolute Gasteiger partial charge is 0.332 e. The van der Waals surface area contributed by atoms with Gasteiger partial charge in [-0.1, -0.05) is 19.3 Å². The Morgan fingerprint density at radius 1 is 1.05 bits per heavy atom. The van der Waals surface area contributed by atoms with Crippen LogP contribution in [0.2, 0.25) is 0 Å². The van der Waals surface area contributed by atoms with Gasteiger partial charge in [0.25, 0.3) is 5.91 Å². The molecular formula is C15H23NO4. The summed E-state index contributed by atoms with van der Waals surface area (Å²) in [6.45, 7) is 1.67.